The molecule has 0 radical (unpaired) electrons. The monoisotopic (exact) mass is 262 g/mol. The lowest BCUT2D eigenvalue weighted by Crippen LogP contribution is -2.47. The van der Waals surface area contributed by atoms with Crippen molar-refractivity contribution in [1.82, 2.24) is 4.90 Å². The van der Waals surface area contributed by atoms with Gasteiger partial charge in [0, 0.05) is 26.2 Å². The van der Waals surface area contributed by atoms with Gasteiger partial charge in [-0.05, 0) is 19.3 Å². The van der Waals surface area contributed by atoms with Crippen LogP contribution in [-0.2, 0) is 9.53 Å². The fourth-order valence-corrected chi connectivity index (χ4v) is 2.84. The maximum atomic E-state index is 12.5. The van der Waals surface area contributed by atoms with Crippen LogP contribution in [0.4, 0.5) is 0 Å². The molecule has 0 bridgehead atoms. The van der Waals surface area contributed by atoms with Crippen LogP contribution in [0.15, 0.2) is 0 Å². The van der Waals surface area contributed by atoms with Crippen molar-refractivity contribution in [2.24, 2.45) is 11.1 Å². The number of ether oxygens (including phenoxy) is 1. The van der Waals surface area contributed by atoms with Crippen molar-refractivity contribution in [3.63, 3.8) is 0 Å². The topological polar surface area (TPSA) is 55.6 Å². The second kappa shape index (κ2) is 6.57. The summed E-state index contributed by atoms with van der Waals surface area (Å²) < 4.78 is 5.38. The van der Waals surface area contributed by atoms with Gasteiger partial charge in [-0.25, -0.2) is 0 Å². The highest BCUT2D eigenvalue weighted by atomic mass is 35.5. The maximum absolute atomic E-state index is 12.5. The molecule has 0 spiro atoms. The summed E-state index contributed by atoms with van der Waals surface area (Å²) >= 11 is 0. The van der Waals surface area contributed by atoms with Gasteiger partial charge in [-0.2, -0.15) is 0 Å². The van der Waals surface area contributed by atoms with E-state index in [4.69, 9.17) is 10.5 Å². The van der Waals surface area contributed by atoms with Crippen molar-refractivity contribution < 1.29 is 9.53 Å². The van der Waals surface area contributed by atoms with Crippen LogP contribution in [0.3, 0.4) is 0 Å². The Kier molecular flexibility index (Phi) is 5.70. The maximum Gasteiger partial charge on any atom is 0.230 e. The second-order valence-electron chi connectivity index (χ2n) is 4.95. The Morgan fingerprint density at radius 1 is 1.18 bits per heavy atom. The molecule has 1 heterocycles. The van der Waals surface area contributed by atoms with Crippen molar-refractivity contribution >= 4 is 18.3 Å². The van der Waals surface area contributed by atoms with Crippen LogP contribution in [0.25, 0.3) is 0 Å². The van der Waals surface area contributed by atoms with Crippen LogP contribution in [0, 0.1) is 5.41 Å². The number of nitrogens with two attached hydrogens (primary N) is 1. The van der Waals surface area contributed by atoms with E-state index in [1.54, 1.807) is 0 Å². The van der Waals surface area contributed by atoms with E-state index in [2.05, 4.69) is 0 Å². The first kappa shape index (κ1) is 14.7. The molecule has 1 aliphatic heterocycles. The zero-order chi connectivity index (χ0) is 11.4. The molecule has 1 amide bonds. The Balaban J connectivity index is 0.00000144. The van der Waals surface area contributed by atoms with Gasteiger partial charge in [0.25, 0.3) is 0 Å². The molecule has 0 atom stereocenters. The lowest BCUT2D eigenvalue weighted by atomic mass is 9.84. The average molecular weight is 263 g/mol. The summed E-state index contributed by atoms with van der Waals surface area (Å²) in [6.45, 7) is 3.52. The van der Waals surface area contributed by atoms with Crippen LogP contribution < -0.4 is 5.73 Å². The van der Waals surface area contributed by atoms with E-state index in [0.717, 1.165) is 51.8 Å². The molecule has 0 unspecified atom stereocenters. The normalized spacial score (nSPS) is 23.9. The molecule has 0 aromatic heterocycles. The van der Waals surface area contributed by atoms with E-state index in [-0.39, 0.29) is 23.7 Å². The van der Waals surface area contributed by atoms with Gasteiger partial charge in [0.15, 0.2) is 0 Å². The summed E-state index contributed by atoms with van der Waals surface area (Å²) in [4.78, 5) is 14.5. The quantitative estimate of drug-likeness (QED) is 0.813. The minimum absolute atomic E-state index is 0. The third kappa shape index (κ3) is 3.12. The van der Waals surface area contributed by atoms with E-state index in [1.807, 2.05) is 4.90 Å². The first-order valence-electron chi connectivity index (χ1n) is 6.36. The van der Waals surface area contributed by atoms with E-state index < -0.39 is 0 Å². The summed E-state index contributed by atoms with van der Waals surface area (Å²) in [5, 5.41) is 0. The van der Waals surface area contributed by atoms with Crippen LogP contribution in [0.2, 0.25) is 0 Å². The van der Waals surface area contributed by atoms with Gasteiger partial charge in [0.1, 0.15) is 0 Å². The van der Waals surface area contributed by atoms with Gasteiger partial charge in [-0.15, -0.1) is 12.4 Å². The average Bonchev–Trinajstić information content (AvgIpc) is 2.64. The molecule has 1 saturated heterocycles. The summed E-state index contributed by atoms with van der Waals surface area (Å²) in [6.07, 6.45) is 5.19. The van der Waals surface area contributed by atoms with Crippen molar-refractivity contribution in [2.45, 2.75) is 32.1 Å². The molecule has 5 heteroatoms. The van der Waals surface area contributed by atoms with E-state index >= 15 is 0 Å². The van der Waals surface area contributed by atoms with Gasteiger partial charge >= 0.3 is 0 Å². The second-order valence-corrected chi connectivity index (χ2v) is 4.95. The molecule has 1 aliphatic carbocycles. The highest BCUT2D eigenvalue weighted by Gasteiger charge is 2.42. The van der Waals surface area contributed by atoms with E-state index in [0.29, 0.717) is 13.2 Å². The molecule has 2 rings (SSSR count). The first-order valence-corrected chi connectivity index (χ1v) is 6.36. The lowest BCUT2D eigenvalue weighted by molar-refractivity contribution is -0.141. The molecule has 0 aromatic rings. The van der Waals surface area contributed by atoms with E-state index in [9.17, 15) is 4.79 Å². The third-order valence-electron chi connectivity index (χ3n) is 3.91. The Bertz CT molecular complexity index is 247. The van der Waals surface area contributed by atoms with Gasteiger partial charge in [-0.3, -0.25) is 4.79 Å². The Labute approximate surface area is 109 Å². The molecule has 2 N–H and O–H groups in total. The predicted octanol–water partition coefficient (Wildman–Crippen LogP) is 1.18. The largest absolute Gasteiger partial charge is 0.380 e. The minimum atomic E-state index is -0.246. The number of carbonyl (C=O) groups is 1. The Morgan fingerprint density at radius 3 is 2.53 bits per heavy atom. The minimum Gasteiger partial charge on any atom is -0.380 e. The molecule has 2 aliphatic rings. The van der Waals surface area contributed by atoms with Gasteiger partial charge in [0.05, 0.1) is 12.0 Å². The van der Waals surface area contributed by atoms with Crippen LogP contribution >= 0.6 is 12.4 Å². The Morgan fingerprint density at radius 2 is 1.88 bits per heavy atom. The van der Waals surface area contributed by atoms with Crippen molar-refractivity contribution in [2.75, 3.05) is 32.8 Å². The number of carbonyl (C=O) groups excluding carboxylic acids is 1. The number of amides is 1. The van der Waals surface area contributed by atoms with Gasteiger partial charge in [-0.1, -0.05) is 12.8 Å². The molecule has 1 saturated carbocycles. The number of hydrogen-bond donors (Lipinski definition) is 1. The van der Waals surface area contributed by atoms with Crippen molar-refractivity contribution in [3.8, 4) is 0 Å². The van der Waals surface area contributed by atoms with E-state index in [1.165, 1.54) is 0 Å². The van der Waals surface area contributed by atoms with Crippen LogP contribution in [0.1, 0.15) is 32.1 Å². The first-order chi connectivity index (χ1) is 7.78. The molecule has 17 heavy (non-hydrogen) atoms. The number of hydrogen-bond acceptors (Lipinski definition) is 3. The molecule has 2 fully saturated rings. The molecule has 0 aromatic carbocycles. The lowest BCUT2D eigenvalue weighted by Gasteiger charge is -2.32. The SMILES string of the molecule is Cl.NCC1(C(=O)N2CCCOCC2)CCCC1. The highest BCUT2D eigenvalue weighted by Crippen LogP contribution is 2.38. The zero-order valence-corrected chi connectivity index (χ0v) is 11.1. The fourth-order valence-electron chi connectivity index (χ4n) is 2.84. The highest BCUT2D eigenvalue weighted by molar-refractivity contribution is 5.85. The summed E-state index contributed by atoms with van der Waals surface area (Å²) in [7, 11) is 0. The molecule has 4 nitrogen and oxygen atoms in total. The standard InChI is InChI=1S/C12H22N2O2.ClH/c13-10-12(4-1-2-5-12)11(15)14-6-3-8-16-9-7-14;/h1-10,13H2;1H. The molecular formula is C12H23ClN2O2. The van der Waals surface area contributed by atoms with Gasteiger partial charge in [0.2, 0.25) is 5.91 Å². The predicted molar refractivity (Wildman–Crippen MR) is 69.2 cm³/mol. The number of rotatable bonds is 2. The van der Waals surface area contributed by atoms with Crippen molar-refractivity contribution in [3.05, 3.63) is 0 Å². The summed E-state index contributed by atoms with van der Waals surface area (Å²) in [5.41, 5.74) is 5.59. The van der Waals surface area contributed by atoms with Crippen molar-refractivity contribution in [1.29, 1.82) is 0 Å². The summed E-state index contributed by atoms with van der Waals surface area (Å²) in [5.74, 6) is 0.276. The number of nitrogens with zero attached hydrogens (tertiary/aromatic N) is 1. The van der Waals surface area contributed by atoms with Gasteiger partial charge < -0.3 is 15.4 Å². The van der Waals surface area contributed by atoms with Crippen LogP contribution in [-0.4, -0.2) is 43.7 Å². The number of halogens is 1. The smallest absolute Gasteiger partial charge is 0.230 e. The third-order valence-corrected chi connectivity index (χ3v) is 3.91. The molecule has 100 valence electrons. The molecular weight excluding hydrogens is 240 g/mol. The summed E-state index contributed by atoms with van der Waals surface area (Å²) in [6, 6.07) is 0. The van der Waals surface area contributed by atoms with Crippen LogP contribution in [0.5, 0.6) is 0 Å². The Hall–Kier alpha value is -0.320. The fraction of sp³-hybridized carbons (Fsp3) is 0.917. The zero-order valence-electron chi connectivity index (χ0n) is 10.3.